The fourth-order valence-corrected chi connectivity index (χ4v) is 2.43. The Bertz CT molecular complexity index is 938. The van der Waals surface area contributed by atoms with E-state index in [9.17, 15) is 10.1 Å². The van der Waals surface area contributed by atoms with Crippen LogP contribution in [0.3, 0.4) is 0 Å². The van der Waals surface area contributed by atoms with Crippen LogP contribution in [-0.2, 0) is 0 Å². The summed E-state index contributed by atoms with van der Waals surface area (Å²) in [7, 11) is 0. The van der Waals surface area contributed by atoms with Gasteiger partial charge < -0.3 is 4.52 Å². The number of non-ortho nitro benzene ring substituents is 1. The van der Waals surface area contributed by atoms with Crippen molar-refractivity contribution >= 4 is 40.0 Å². The molecule has 0 amide bonds. The number of nitro groups is 1. The predicted octanol–water partition coefficient (Wildman–Crippen LogP) is 5.04. The van der Waals surface area contributed by atoms with E-state index in [0.717, 1.165) is 0 Å². The molecule has 0 fully saturated rings. The van der Waals surface area contributed by atoms with E-state index in [4.69, 9.17) is 27.7 Å². The van der Waals surface area contributed by atoms with Gasteiger partial charge in [0.2, 0.25) is 5.82 Å². The number of hydrogen-bond acceptors (Lipinski definition) is 5. The van der Waals surface area contributed by atoms with Crippen LogP contribution < -0.4 is 0 Å². The van der Waals surface area contributed by atoms with E-state index in [-0.39, 0.29) is 16.6 Å². The van der Waals surface area contributed by atoms with Crippen LogP contribution >= 0.6 is 23.2 Å². The van der Waals surface area contributed by atoms with Crippen LogP contribution in [0.25, 0.3) is 22.5 Å². The van der Waals surface area contributed by atoms with Gasteiger partial charge in [0.1, 0.15) is 5.03 Å². The SMILES string of the molecule is O=[N+]([O-])c1cccc(/C=C(\Cl)c2nc(-c3ccccc3Cl)no2)c1. The Morgan fingerprint density at radius 1 is 1.21 bits per heavy atom. The number of rotatable bonds is 4. The molecule has 0 unspecified atom stereocenters. The lowest BCUT2D eigenvalue weighted by atomic mass is 10.2. The molecule has 0 saturated heterocycles. The molecule has 3 aromatic rings. The number of aromatic nitrogens is 2. The first-order chi connectivity index (χ1) is 11.5. The fraction of sp³-hybridized carbons (Fsp3) is 0. The van der Waals surface area contributed by atoms with Gasteiger partial charge >= 0.3 is 0 Å². The minimum absolute atomic E-state index is 0.0319. The van der Waals surface area contributed by atoms with Crippen LogP contribution in [-0.4, -0.2) is 15.1 Å². The molecule has 0 aliphatic rings. The third-order valence-corrected chi connectivity index (χ3v) is 3.72. The Hall–Kier alpha value is -2.70. The standard InChI is InChI=1S/C16H9Cl2N3O3/c17-13-7-2-1-6-12(13)15-19-16(24-20-15)14(18)9-10-4-3-5-11(8-10)21(22)23/h1-9H/b14-9-. The van der Waals surface area contributed by atoms with E-state index < -0.39 is 4.92 Å². The van der Waals surface area contributed by atoms with Gasteiger partial charge in [-0.15, -0.1) is 0 Å². The van der Waals surface area contributed by atoms with Crippen molar-refractivity contribution in [2.45, 2.75) is 0 Å². The van der Waals surface area contributed by atoms with Gasteiger partial charge in [-0.25, -0.2) is 0 Å². The minimum atomic E-state index is -0.479. The van der Waals surface area contributed by atoms with Crippen LogP contribution in [0.5, 0.6) is 0 Å². The first-order valence-corrected chi connectivity index (χ1v) is 7.51. The molecule has 8 heteroatoms. The minimum Gasteiger partial charge on any atom is -0.333 e. The van der Waals surface area contributed by atoms with Crippen molar-refractivity contribution in [2.24, 2.45) is 0 Å². The average molecular weight is 362 g/mol. The van der Waals surface area contributed by atoms with Gasteiger partial charge in [-0.1, -0.05) is 52.6 Å². The van der Waals surface area contributed by atoms with Crippen molar-refractivity contribution in [3.8, 4) is 11.4 Å². The van der Waals surface area contributed by atoms with Gasteiger partial charge in [0.15, 0.2) is 0 Å². The second kappa shape index (κ2) is 6.82. The van der Waals surface area contributed by atoms with Gasteiger partial charge in [-0.05, 0) is 23.8 Å². The maximum atomic E-state index is 10.8. The summed E-state index contributed by atoms with van der Waals surface area (Å²) in [6.07, 6.45) is 1.51. The molecule has 0 spiro atoms. The van der Waals surface area contributed by atoms with Crippen LogP contribution in [0.2, 0.25) is 5.02 Å². The van der Waals surface area contributed by atoms with E-state index in [1.54, 1.807) is 36.4 Å². The van der Waals surface area contributed by atoms with E-state index in [1.807, 2.05) is 0 Å². The number of nitro benzene ring substituents is 1. The Morgan fingerprint density at radius 3 is 2.75 bits per heavy atom. The molecule has 3 rings (SSSR count). The van der Waals surface area contributed by atoms with Gasteiger partial charge in [0.25, 0.3) is 11.6 Å². The Labute approximate surface area is 146 Å². The van der Waals surface area contributed by atoms with Crippen molar-refractivity contribution in [3.05, 3.63) is 75.1 Å². The predicted molar refractivity (Wildman–Crippen MR) is 91.6 cm³/mol. The maximum Gasteiger partial charge on any atom is 0.270 e. The summed E-state index contributed by atoms with van der Waals surface area (Å²) >= 11 is 12.3. The topological polar surface area (TPSA) is 82.1 Å². The average Bonchev–Trinajstić information content (AvgIpc) is 3.05. The van der Waals surface area contributed by atoms with Gasteiger partial charge in [0, 0.05) is 17.7 Å². The monoisotopic (exact) mass is 361 g/mol. The Balaban J connectivity index is 1.91. The number of nitrogens with zero attached hydrogens (tertiary/aromatic N) is 3. The molecule has 1 aromatic heterocycles. The highest BCUT2D eigenvalue weighted by Crippen LogP contribution is 2.28. The van der Waals surface area contributed by atoms with Gasteiger partial charge in [-0.3, -0.25) is 10.1 Å². The third-order valence-electron chi connectivity index (χ3n) is 3.12. The summed E-state index contributed by atoms with van der Waals surface area (Å²) in [6.45, 7) is 0. The molecule has 24 heavy (non-hydrogen) atoms. The quantitative estimate of drug-likeness (QED) is 0.480. The Morgan fingerprint density at radius 2 is 2.00 bits per heavy atom. The normalized spacial score (nSPS) is 11.5. The smallest absolute Gasteiger partial charge is 0.270 e. The largest absolute Gasteiger partial charge is 0.333 e. The lowest BCUT2D eigenvalue weighted by molar-refractivity contribution is -0.384. The molecule has 2 aromatic carbocycles. The van der Waals surface area contributed by atoms with E-state index in [1.165, 1.54) is 18.2 Å². The van der Waals surface area contributed by atoms with E-state index >= 15 is 0 Å². The van der Waals surface area contributed by atoms with Gasteiger partial charge in [0.05, 0.1) is 9.95 Å². The highest BCUT2D eigenvalue weighted by Gasteiger charge is 2.14. The van der Waals surface area contributed by atoms with Crippen molar-refractivity contribution < 1.29 is 9.45 Å². The summed E-state index contributed by atoms with van der Waals surface area (Å²) in [5, 5.41) is 15.3. The van der Waals surface area contributed by atoms with Crippen molar-refractivity contribution in [3.63, 3.8) is 0 Å². The molecule has 0 atom stereocenters. The second-order valence-corrected chi connectivity index (χ2v) is 5.56. The fourth-order valence-electron chi connectivity index (χ4n) is 2.01. The number of benzene rings is 2. The summed E-state index contributed by atoms with van der Waals surface area (Å²) in [6, 6.07) is 13.1. The van der Waals surface area contributed by atoms with Gasteiger partial charge in [-0.2, -0.15) is 4.98 Å². The highest BCUT2D eigenvalue weighted by molar-refractivity contribution is 6.50. The molecular weight excluding hydrogens is 353 g/mol. The van der Waals surface area contributed by atoms with Crippen molar-refractivity contribution in [1.82, 2.24) is 10.1 Å². The van der Waals surface area contributed by atoms with Crippen LogP contribution in [0.1, 0.15) is 11.5 Å². The van der Waals surface area contributed by atoms with E-state index in [2.05, 4.69) is 10.1 Å². The first-order valence-electron chi connectivity index (χ1n) is 6.75. The zero-order chi connectivity index (χ0) is 17.1. The highest BCUT2D eigenvalue weighted by atomic mass is 35.5. The van der Waals surface area contributed by atoms with Crippen molar-refractivity contribution in [1.29, 1.82) is 0 Å². The number of halogens is 2. The molecule has 120 valence electrons. The zero-order valence-electron chi connectivity index (χ0n) is 12.0. The third kappa shape index (κ3) is 3.45. The first kappa shape index (κ1) is 16.2. The lowest BCUT2D eigenvalue weighted by Gasteiger charge is -1.96. The molecule has 0 saturated carbocycles. The summed E-state index contributed by atoms with van der Waals surface area (Å²) in [5.74, 6) is 0.402. The molecule has 0 aliphatic carbocycles. The van der Waals surface area contributed by atoms with E-state index in [0.29, 0.717) is 22.0 Å². The zero-order valence-corrected chi connectivity index (χ0v) is 13.5. The number of hydrogen-bond donors (Lipinski definition) is 0. The summed E-state index contributed by atoms with van der Waals surface area (Å²) in [5.41, 5.74) is 1.14. The summed E-state index contributed by atoms with van der Waals surface area (Å²) in [4.78, 5) is 14.5. The molecule has 0 radical (unpaired) electrons. The van der Waals surface area contributed by atoms with Crippen LogP contribution in [0.4, 0.5) is 5.69 Å². The molecule has 1 heterocycles. The second-order valence-electron chi connectivity index (χ2n) is 4.75. The molecule has 0 bridgehead atoms. The molecule has 0 aliphatic heterocycles. The Kier molecular flexibility index (Phi) is 4.59. The summed E-state index contributed by atoms with van der Waals surface area (Å²) < 4.78 is 5.13. The maximum absolute atomic E-state index is 10.8. The lowest BCUT2D eigenvalue weighted by Crippen LogP contribution is -1.87. The molecular formula is C16H9Cl2N3O3. The van der Waals surface area contributed by atoms with Crippen LogP contribution in [0.15, 0.2) is 53.1 Å². The van der Waals surface area contributed by atoms with Crippen LogP contribution in [0, 0.1) is 10.1 Å². The van der Waals surface area contributed by atoms with Crippen molar-refractivity contribution in [2.75, 3.05) is 0 Å². The molecule has 6 nitrogen and oxygen atoms in total. The molecule has 0 N–H and O–H groups in total.